The third-order valence-electron chi connectivity index (χ3n) is 2.78. The highest BCUT2D eigenvalue weighted by Gasteiger charge is 2.22. The molecule has 0 heterocycles. The van der Waals surface area contributed by atoms with Crippen LogP contribution in [0, 0.1) is 11.3 Å². The number of hydrogen-bond acceptors (Lipinski definition) is 2. The Labute approximate surface area is 84.6 Å². The van der Waals surface area contributed by atoms with Gasteiger partial charge in [-0.15, -0.1) is 0 Å². The van der Waals surface area contributed by atoms with Crippen LogP contribution in [0.1, 0.15) is 30.5 Å². The molecular formula is C12H14N2. The summed E-state index contributed by atoms with van der Waals surface area (Å²) < 4.78 is 0. The fourth-order valence-corrected chi connectivity index (χ4v) is 2.07. The Morgan fingerprint density at radius 1 is 1.50 bits per heavy atom. The molecule has 0 aromatic heterocycles. The number of benzene rings is 1. The maximum absolute atomic E-state index is 8.73. The minimum absolute atomic E-state index is 0.0637. The third-order valence-corrected chi connectivity index (χ3v) is 2.78. The largest absolute Gasteiger partial charge is 0.295 e. The smallest absolute Gasteiger partial charge is 0.0929 e. The molecule has 0 saturated carbocycles. The van der Waals surface area contributed by atoms with E-state index in [0.29, 0.717) is 6.04 Å². The summed E-state index contributed by atoms with van der Waals surface area (Å²) >= 11 is 0. The first-order chi connectivity index (χ1) is 6.81. The number of rotatable bonds is 2. The van der Waals surface area contributed by atoms with Gasteiger partial charge in [0.15, 0.2) is 0 Å². The molecule has 2 nitrogen and oxygen atoms in total. The molecule has 72 valence electrons. The minimum atomic E-state index is -0.0637. The second-order valence-corrected chi connectivity index (χ2v) is 3.81. The summed E-state index contributed by atoms with van der Waals surface area (Å²) in [7, 11) is 0. The van der Waals surface area contributed by atoms with E-state index in [2.05, 4.69) is 35.7 Å². The predicted molar refractivity (Wildman–Crippen MR) is 55.7 cm³/mol. The van der Waals surface area contributed by atoms with Crippen molar-refractivity contribution in [3.63, 3.8) is 0 Å². The fraction of sp³-hybridized carbons (Fsp3) is 0.417. The van der Waals surface area contributed by atoms with E-state index in [0.717, 1.165) is 12.8 Å². The van der Waals surface area contributed by atoms with Crippen molar-refractivity contribution in [2.45, 2.75) is 31.8 Å². The van der Waals surface area contributed by atoms with Crippen molar-refractivity contribution in [2.24, 2.45) is 0 Å². The van der Waals surface area contributed by atoms with Gasteiger partial charge in [-0.1, -0.05) is 24.3 Å². The summed E-state index contributed by atoms with van der Waals surface area (Å²) in [6.07, 6.45) is 2.25. The highest BCUT2D eigenvalue weighted by molar-refractivity contribution is 5.34. The molecule has 0 fully saturated rings. The van der Waals surface area contributed by atoms with Crippen LogP contribution in [-0.4, -0.2) is 6.04 Å². The maximum Gasteiger partial charge on any atom is 0.0929 e. The molecule has 1 aliphatic carbocycles. The van der Waals surface area contributed by atoms with Crippen molar-refractivity contribution in [1.82, 2.24) is 5.32 Å². The van der Waals surface area contributed by atoms with Crippen LogP contribution < -0.4 is 5.32 Å². The van der Waals surface area contributed by atoms with Gasteiger partial charge in [-0.25, -0.2) is 0 Å². The second-order valence-electron chi connectivity index (χ2n) is 3.81. The first-order valence-corrected chi connectivity index (χ1v) is 5.04. The van der Waals surface area contributed by atoms with Gasteiger partial charge in [0, 0.05) is 6.04 Å². The van der Waals surface area contributed by atoms with Gasteiger partial charge < -0.3 is 0 Å². The van der Waals surface area contributed by atoms with Crippen molar-refractivity contribution in [3.05, 3.63) is 35.4 Å². The molecule has 1 aromatic carbocycles. The number of nitrogens with one attached hydrogen (secondary N) is 1. The van der Waals surface area contributed by atoms with Crippen LogP contribution in [-0.2, 0) is 6.42 Å². The van der Waals surface area contributed by atoms with Gasteiger partial charge in [-0.2, -0.15) is 5.26 Å². The van der Waals surface area contributed by atoms with E-state index in [-0.39, 0.29) is 6.04 Å². The molecule has 2 atom stereocenters. The van der Waals surface area contributed by atoms with Crippen LogP contribution in [0.15, 0.2) is 24.3 Å². The summed E-state index contributed by atoms with van der Waals surface area (Å²) in [5.74, 6) is 0. The number of fused-ring (bicyclic) bond motifs is 1. The van der Waals surface area contributed by atoms with E-state index in [9.17, 15) is 0 Å². The number of nitriles is 1. The predicted octanol–water partition coefficient (Wildman–Crippen LogP) is 2.18. The Morgan fingerprint density at radius 2 is 2.29 bits per heavy atom. The van der Waals surface area contributed by atoms with Crippen molar-refractivity contribution >= 4 is 0 Å². The number of nitrogens with zero attached hydrogens (tertiary/aromatic N) is 1. The van der Waals surface area contributed by atoms with E-state index < -0.39 is 0 Å². The highest BCUT2D eigenvalue weighted by Crippen LogP contribution is 2.30. The lowest BCUT2D eigenvalue weighted by molar-refractivity contribution is 0.505. The first-order valence-electron chi connectivity index (χ1n) is 5.04. The van der Waals surface area contributed by atoms with Gasteiger partial charge in [0.05, 0.1) is 12.1 Å². The third kappa shape index (κ3) is 1.64. The Morgan fingerprint density at radius 3 is 3.07 bits per heavy atom. The van der Waals surface area contributed by atoms with Crippen molar-refractivity contribution in [2.75, 3.05) is 0 Å². The average molecular weight is 186 g/mol. The highest BCUT2D eigenvalue weighted by atomic mass is 14.9. The normalized spacial score (nSPS) is 21.3. The zero-order valence-electron chi connectivity index (χ0n) is 8.33. The summed E-state index contributed by atoms with van der Waals surface area (Å²) in [6.45, 7) is 1.90. The molecule has 1 aliphatic rings. The number of aryl methyl sites for hydroxylation is 1. The zero-order valence-corrected chi connectivity index (χ0v) is 8.33. The molecule has 0 saturated heterocycles. The standard InChI is InChI=1S/C12H14N2/c1-9(8-13)14-12-7-6-10-4-2-3-5-11(10)12/h2-5,9,12,14H,6-7H2,1H3. The monoisotopic (exact) mass is 186 g/mol. The van der Waals surface area contributed by atoms with E-state index in [1.54, 1.807) is 0 Å². The van der Waals surface area contributed by atoms with Crippen LogP contribution in [0.3, 0.4) is 0 Å². The molecule has 0 aliphatic heterocycles. The van der Waals surface area contributed by atoms with Crippen LogP contribution >= 0.6 is 0 Å². The van der Waals surface area contributed by atoms with Crippen molar-refractivity contribution < 1.29 is 0 Å². The first kappa shape index (κ1) is 9.23. The molecule has 2 heteroatoms. The second kappa shape index (κ2) is 3.81. The molecule has 1 N–H and O–H groups in total. The van der Waals surface area contributed by atoms with Gasteiger partial charge in [0.1, 0.15) is 0 Å². The van der Waals surface area contributed by atoms with Crippen LogP contribution in [0.5, 0.6) is 0 Å². The fourth-order valence-electron chi connectivity index (χ4n) is 2.07. The van der Waals surface area contributed by atoms with Crippen LogP contribution in [0.2, 0.25) is 0 Å². The van der Waals surface area contributed by atoms with Gasteiger partial charge in [-0.05, 0) is 30.9 Å². The van der Waals surface area contributed by atoms with Crippen molar-refractivity contribution in [3.8, 4) is 6.07 Å². The Hall–Kier alpha value is -1.33. The van der Waals surface area contributed by atoms with Gasteiger partial charge in [0.2, 0.25) is 0 Å². The molecule has 0 amide bonds. The van der Waals surface area contributed by atoms with E-state index in [1.165, 1.54) is 11.1 Å². The molecule has 0 spiro atoms. The molecule has 2 rings (SSSR count). The van der Waals surface area contributed by atoms with Gasteiger partial charge in [-0.3, -0.25) is 5.32 Å². The summed E-state index contributed by atoms with van der Waals surface area (Å²) in [5.41, 5.74) is 2.80. The summed E-state index contributed by atoms with van der Waals surface area (Å²) in [4.78, 5) is 0. The van der Waals surface area contributed by atoms with E-state index >= 15 is 0 Å². The van der Waals surface area contributed by atoms with Crippen molar-refractivity contribution in [1.29, 1.82) is 5.26 Å². The van der Waals surface area contributed by atoms with E-state index in [1.807, 2.05) is 6.92 Å². The SMILES string of the molecule is CC(C#N)NC1CCc2ccccc21. The number of hydrogen-bond donors (Lipinski definition) is 1. The van der Waals surface area contributed by atoms with E-state index in [4.69, 9.17) is 5.26 Å². The van der Waals surface area contributed by atoms with Crippen LogP contribution in [0.4, 0.5) is 0 Å². The topological polar surface area (TPSA) is 35.8 Å². The van der Waals surface area contributed by atoms with Gasteiger partial charge >= 0.3 is 0 Å². The summed E-state index contributed by atoms with van der Waals surface area (Å²) in [6, 6.07) is 11.0. The molecule has 0 radical (unpaired) electrons. The Bertz CT molecular complexity index is 365. The molecule has 2 unspecified atom stereocenters. The lowest BCUT2D eigenvalue weighted by atomic mass is 10.1. The quantitative estimate of drug-likeness (QED) is 0.768. The van der Waals surface area contributed by atoms with Gasteiger partial charge in [0.25, 0.3) is 0 Å². The van der Waals surface area contributed by atoms with Crippen LogP contribution in [0.25, 0.3) is 0 Å². The molecule has 1 aromatic rings. The lowest BCUT2D eigenvalue weighted by Gasteiger charge is -2.15. The molecule has 0 bridgehead atoms. The maximum atomic E-state index is 8.73. The minimum Gasteiger partial charge on any atom is -0.295 e. The zero-order chi connectivity index (χ0) is 9.97. The average Bonchev–Trinajstić information content (AvgIpc) is 2.62. The lowest BCUT2D eigenvalue weighted by Crippen LogP contribution is -2.27. The molecular weight excluding hydrogens is 172 g/mol. The Kier molecular flexibility index (Phi) is 2.51. The Balaban J connectivity index is 2.15. The molecule has 14 heavy (non-hydrogen) atoms. The summed E-state index contributed by atoms with van der Waals surface area (Å²) in [5, 5.41) is 12.1.